The molecule has 6 nitrogen and oxygen atoms in total. The highest BCUT2D eigenvalue weighted by Gasteiger charge is 2.82. The summed E-state index contributed by atoms with van der Waals surface area (Å²) in [5.41, 5.74) is 1.25. The minimum Gasteiger partial charge on any atom is -0.485 e. The molecule has 8 rings (SSSR count). The van der Waals surface area contributed by atoms with Crippen molar-refractivity contribution < 1.29 is 19.3 Å². The summed E-state index contributed by atoms with van der Waals surface area (Å²) >= 11 is 0. The zero-order valence-electron chi connectivity index (χ0n) is 23.8. The normalized spacial score (nSPS) is 36.9. The van der Waals surface area contributed by atoms with E-state index in [-0.39, 0.29) is 34.3 Å². The SMILES string of the molecule is CO[C@]12CC[C@@]3(C[C@@H]1C(C)(O)C(C)(C)C)[C@H]1Cc4ccc(OCc5ccccc5)c5c4[C@@]3(CCN1C#N)[C@H]2O5. The second-order valence-corrected chi connectivity index (χ2v) is 13.9. The molecule has 1 unspecified atom stereocenters. The van der Waals surface area contributed by atoms with Gasteiger partial charge >= 0.3 is 0 Å². The third-order valence-corrected chi connectivity index (χ3v) is 11.9. The van der Waals surface area contributed by atoms with Gasteiger partial charge < -0.3 is 24.2 Å². The van der Waals surface area contributed by atoms with Gasteiger partial charge in [0.1, 0.15) is 18.3 Å². The van der Waals surface area contributed by atoms with E-state index in [1.165, 1.54) is 11.1 Å². The summed E-state index contributed by atoms with van der Waals surface area (Å²) in [5.74, 6) is 1.51. The fraction of sp³-hybridized carbons (Fsp3) is 0.606. The Bertz CT molecular complexity index is 1360. The number of likely N-dealkylation sites (tertiary alicyclic amines) is 1. The maximum atomic E-state index is 12.3. The summed E-state index contributed by atoms with van der Waals surface area (Å²) in [6.45, 7) is 9.54. The van der Waals surface area contributed by atoms with Gasteiger partial charge in [-0.05, 0) is 61.6 Å². The Kier molecular flexibility index (Phi) is 5.13. The number of benzene rings is 2. The Hall–Kier alpha value is -2.75. The summed E-state index contributed by atoms with van der Waals surface area (Å²) < 4.78 is 20.2. The van der Waals surface area contributed by atoms with E-state index in [1.54, 1.807) is 0 Å². The zero-order valence-corrected chi connectivity index (χ0v) is 23.8. The van der Waals surface area contributed by atoms with Gasteiger partial charge in [0.05, 0.1) is 5.60 Å². The predicted molar refractivity (Wildman–Crippen MR) is 147 cm³/mol. The number of nitriles is 1. The van der Waals surface area contributed by atoms with Gasteiger partial charge in [0.25, 0.3) is 0 Å². The summed E-state index contributed by atoms with van der Waals surface area (Å²) in [7, 11) is 1.81. The van der Waals surface area contributed by atoms with Gasteiger partial charge in [-0.2, -0.15) is 5.26 Å². The average Bonchev–Trinajstić information content (AvgIpc) is 3.29. The lowest BCUT2D eigenvalue weighted by atomic mass is 9.33. The first-order valence-corrected chi connectivity index (χ1v) is 14.5. The fourth-order valence-corrected chi connectivity index (χ4v) is 9.59. The van der Waals surface area contributed by atoms with Crippen molar-refractivity contribution in [2.24, 2.45) is 16.7 Å². The summed E-state index contributed by atoms with van der Waals surface area (Å²) in [5, 5.41) is 22.5. The molecule has 2 aromatic rings. The molecule has 2 heterocycles. The topological polar surface area (TPSA) is 75.0 Å². The molecular weight excluding hydrogens is 488 g/mol. The maximum Gasteiger partial charge on any atom is 0.179 e. The van der Waals surface area contributed by atoms with Gasteiger partial charge in [-0.15, -0.1) is 0 Å². The highest BCUT2D eigenvalue weighted by Crippen LogP contribution is 2.78. The van der Waals surface area contributed by atoms with Gasteiger partial charge in [-0.25, -0.2) is 0 Å². The minimum absolute atomic E-state index is 0.0883. The number of fused-ring (bicyclic) bond motifs is 2. The van der Waals surface area contributed by atoms with Crippen molar-refractivity contribution in [3.05, 3.63) is 59.2 Å². The molecule has 0 amide bonds. The number of nitrogens with zero attached hydrogens (tertiary/aromatic N) is 2. The van der Waals surface area contributed by atoms with Crippen molar-refractivity contribution in [2.75, 3.05) is 13.7 Å². The summed E-state index contributed by atoms with van der Waals surface area (Å²) in [4.78, 5) is 2.04. The minimum atomic E-state index is -0.991. The second-order valence-electron chi connectivity index (χ2n) is 13.9. The Morgan fingerprint density at radius 2 is 1.87 bits per heavy atom. The first kappa shape index (κ1) is 25.2. The van der Waals surface area contributed by atoms with Crippen molar-refractivity contribution in [3.63, 3.8) is 0 Å². The molecule has 206 valence electrons. The molecule has 2 aromatic carbocycles. The van der Waals surface area contributed by atoms with Crippen LogP contribution in [0.15, 0.2) is 42.5 Å². The Morgan fingerprint density at radius 3 is 2.56 bits per heavy atom. The molecule has 4 bridgehead atoms. The first-order valence-electron chi connectivity index (χ1n) is 14.5. The third-order valence-electron chi connectivity index (χ3n) is 11.9. The largest absolute Gasteiger partial charge is 0.485 e. The molecule has 6 heteroatoms. The zero-order chi connectivity index (χ0) is 27.4. The van der Waals surface area contributed by atoms with Crippen LogP contribution in [0.2, 0.25) is 0 Å². The van der Waals surface area contributed by atoms with Gasteiger partial charge in [0.15, 0.2) is 17.7 Å². The molecule has 3 saturated carbocycles. The Balaban J connectivity index is 1.42. The Labute approximate surface area is 231 Å². The van der Waals surface area contributed by atoms with Crippen molar-refractivity contribution >= 4 is 0 Å². The van der Waals surface area contributed by atoms with E-state index in [0.717, 1.165) is 55.7 Å². The lowest BCUT2D eigenvalue weighted by Gasteiger charge is -2.75. The van der Waals surface area contributed by atoms with E-state index in [2.05, 4.69) is 51.2 Å². The van der Waals surface area contributed by atoms with Crippen LogP contribution in [0.25, 0.3) is 0 Å². The van der Waals surface area contributed by atoms with E-state index in [4.69, 9.17) is 14.2 Å². The molecule has 4 fully saturated rings. The van der Waals surface area contributed by atoms with Crippen LogP contribution in [0.1, 0.15) is 70.1 Å². The summed E-state index contributed by atoms with van der Waals surface area (Å²) in [6, 6.07) is 14.6. The van der Waals surface area contributed by atoms with Crippen LogP contribution in [0.3, 0.4) is 0 Å². The Morgan fingerprint density at radius 1 is 1.10 bits per heavy atom. The maximum absolute atomic E-state index is 12.3. The van der Waals surface area contributed by atoms with E-state index in [0.29, 0.717) is 6.61 Å². The van der Waals surface area contributed by atoms with Gasteiger partial charge in [-0.1, -0.05) is 57.2 Å². The molecule has 7 atom stereocenters. The van der Waals surface area contributed by atoms with Crippen molar-refractivity contribution in [3.8, 4) is 17.7 Å². The predicted octanol–water partition coefficient (Wildman–Crippen LogP) is 5.36. The molecule has 39 heavy (non-hydrogen) atoms. The van der Waals surface area contributed by atoms with Crippen LogP contribution < -0.4 is 9.47 Å². The van der Waals surface area contributed by atoms with Crippen LogP contribution in [0.4, 0.5) is 0 Å². The van der Waals surface area contributed by atoms with Crippen molar-refractivity contribution in [1.82, 2.24) is 4.90 Å². The van der Waals surface area contributed by atoms with E-state index in [1.807, 2.05) is 37.1 Å². The number of ether oxygens (including phenoxy) is 3. The number of methoxy groups -OCH3 is 1. The van der Waals surface area contributed by atoms with Gasteiger partial charge in [-0.3, -0.25) is 0 Å². The number of hydrogen-bond acceptors (Lipinski definition) is 6. The number of rotatable bonds is 5. The molecule has 0 aromatic heterocycles. The quantitative estimate of drug-likeness (QED) is 0.527. The van der Waals surface area contributed by atoms with Gasteiger partial charge in [0, 0.05) is 42.0 Å². The van der Waals surface area contributed by atoms with Crippen LogP contribution in [0.5, 0.6) is 11.5 Å². The number of piperidine rings is 1. The van der Waals surface area contributed by atoms with Crippen molar-refractivity contribution in [2.45, 2.75) is 95.2 Å². The second kappa shape index (κ2) is 7.92. The number of aliphatic hydroxyl groups is 1. The van der Waals surface area contributed by atoms with E-state index >= 15 is 0 Å². The standard InChI is InChI=1S/C33H40N2O4/c1-29(2,3)30(4,36)24-18-31-13-14-33(24,37-5)28-32(31)15-16-35(20-34)25(31)17-22-11-12-23(27(39-28)26(22)32)38-19-21-9-7-6-8-10-21/h6-12,24-25,28,36H,13-19H2,1-5H3/t24-,25-,28-,30?,31-,32+,33-/m1/s1. The van der Waals surface area contributed by atoms with Crippen LogP contribution in [0, 0.1) is 28.2 Å². The van der Waals surface area contributed by atoms with Crippen LogP contribution >= 0.6 is 0 Å². The smallest absolute Gasteiger partial charge is 0.179 e. The molecule has 4 aliphatic carbocycles. The van der Waals surface area contributed by atoms with Crippen LogP contribution in [-0.4, -0.2) is 47.0 Å². The van der Waals surface area contributed by atoms with Crippen LogP contribution in [-0.2, 0) is 23.2 Å². The highest BCUT2D eigenvalue weighted by molar-refractivity contribution is 5.64. The van der Waals surface area contributed by atoms with Gasteiger partial charge in [0.2, 0.25) is 0 Å². The third kappa shape index (κ3) is 2.88. The highest BCUT2D eigenvalue weighted by atomic mass is 16.6. The van der Waals surface area contributed by atoms with Crippen molar-refractivity contribution in [1.29, 1.82) is 5.26 Å². The van der Waals surface area contributed by atoms with E-state index < -0.39 is 11.2 Å². The molecule has 6 aliphatic rings. The average molecular weight is 529 g/mol. The van der Waals surface area contributed by atoms with E-state index in [9.17, 15) is 10.4 Å². The lowest BCUT2D eigenvalue weighted by Crippen LogP contribution is -2.83. The molecule has 0 radical (unpaired) electrons. The number of hydrogen-bond donors (Lipinski definition) is 1. The first-order chi connectivity index (χ1) is 18.6. The monoisotopic (exact) mass is 528 g/mol. The molecule has 2 spiro atoms. The fourth-order valence-electron chi connectivity index (χ4n) is 9.59. The molecule has 2 aliphatic heterocycles. The lowest BCUT2D eigenvalue weighted by molar-refractivity contribution is -0.309. The molecule has 1 saturated heterocycles. The molecule has 1 N–H and O–H groups in total. The summed E-state index contributed by atoms with van der Waals surface area (Å²) in [6.07, 6.45) is 6.58. The molecular formula is C33H40N2O4.